The molecule has 1 fully saturated rings. The number of piperazine rings is 1. The number of rotatable bonds is 3. The van der Waals surface area contributed by atoms with Gasteiger partial charge in [-0.1, -0.05) is 17.7 Å². The first-order chi connectivity index (χ1) is 8.59. The Bertz CT molecular complexity index is 445. The highest BCUT2D eigenvalue weighted by Crippen LogP contribution is 2.25. The van der Waals surface area contributed by atoms with Gasteiger partial charge >= 0.3 is 5.97 Å². The van der Waals surface area contributed by atoms with Gasteiger partial charge in [0.05, 0.1) is 0 Å². The first-order valence-corrected chi connectivity index (χ1v) is 6.03. The fourth-order valence-corrected chi connectivity index (χ4v) is 2.30. The van der Waals surface area contributed by atoms with E-state index in [0.29, 0.717) is 13.1 Å². The monoisotopic (exact) mass is 252 g/mol. The number of carbonyl (C=O) groups is 1. The molecule has 0 amide bonds. The Hall–Kier alpha value is -1.46. The molecule has 0 aliphatic carbocycles. The number of carboxylic acids is 1. The molecule has 1 aromatic rings. The summed E-state index contributed by atoms with van der Waals surface area (Å²) < 4.78 is 13.8. The van der Waals surface area contributed by atoms with Crippen molar-refractivity contribution in [2.45, 2.75) is 13.0 Å². The number of nitrogens with one attached hydrogen (secondary N) is 1. The van der Waals surface area contributed by atoms with Gasteiger partial charge in [0.15, 0.2) is 0 Å². The summed E-state index contributed by atoms with van der Waals surface area (Å²) >= 11 is 0. The molecule has 2 N–H and O–H groups in total. The smallest absolute Gasteiger partial charge is 0.325 e. The lowest BCUT2D eigenvalue weighted by molar-refractivity contribution is -0.144. The average molecular weight is 252 g/mol. The van der Waals surface area contributed by atoms with Gasteiger partial charge in [-0.05, 0) is 13.0 Å². The fourth-order valence-electron chi connectivity index (χ4n) is 2.30. The second kappa shape index (κ2) is 5.46. The molecular weight excluding hydrogens is 235 g/mol. The summed E-state index contributed by atoms with van der Waals surface area (Å²) in [6, 6.07) is 3.71. The molecule has 2 rings (SSSR count). The third kappa shape index (κ3) is 2.68. The fraction of sp³-hybridized carbons (Fsp3) is 0.462. The molecule has 0 aromatic heterocycles. The van der Waals surface area contributed by atoms with E-state index in [1.165, 1.54) is 6.07 Å². The summed E-state index contributed by atoms with van der Waals surface area (Å²) in [5.74, 6) is -1.45. The van der Waals surface area contributed by atoms with E-state index in [2.05, 4.69) is 5.32 Å². The van der Waals surface area contributed by atoms with Crippen molar-refractivity contribution in [2.75, 3.05) is 26.2 Å². The van der Waals surface area contributed by atoms with Crippen LogP contribution in [-0.2, 0) is 4.79 Å². The molecule has 1 aliphatic rings. The normalized spacial score (nSPS) is 18.6. The molecule has 1 atom stereocenters. The van der Waals surface area contributed by atoms with E-state index in [9.17, 15) is 14.3 Å². The first-order valence-electron chi connectivity index (χ1n) is 6.03. The van der Waals surface area contributed by atoms with Gasteiger partial charge in [-0.2, -0.15) is 0 Å². The molecule has 98 valence electrons. The van der Waals surface area contributed by atoms with Gasteiger partial charge < -0.3 is 10.4 Å². The van der Waals surface area contributed by atoms with Crippen molar-refractivity contribution in [3.8, 4) is 0 Å². The highest BCUT2D eigenvalue weighted by molar-refractivity contribution is 5.75. The second-order valence-electron chi connectivity index (χ2n) is 4.55. The van der Waals surface area contributed by atoms with Gasteiger partial charge in [0.2, 0.25) is 0 Å². The molecule has 5 heteroatoms. The van der Waals surface area contributed by atoms with E-state index in [-0.39, 0.29) is 5.56 Å². The van der Waals surface area contributed by atoms with Crippen molar-refractivity contribution >= 4 is 5.97 Å². The standard InChI is InChI=1S/C13H17FN2O2/c1-9-2-3-11(14)10(8-9)12(13(17)18)16-6-4-15-5-7-16/h2-3,8,12,15H,4-7H2,1H3,(H,17,18). The maximum atomic E-state index is 13.8. The van der Waals surface area contributed by atoms with Crippen LogP contribution in [0.15, 0.2) is 18.2 Å². The Labute approximate surface area is 105 Å². The largest absolute Gasteiger partial charge is 0.480 e. The lowest BCUT2D eigenvalue weighted by atomic mass is 10.0. The van der Waals surface area contributed by atoms with Crippen molar-refractivity contribution in [2.24, 2.45) is 0 Å². The summed E-state index contributed by atoms with van der Waals surface area (Å²) in [5, 5.41) is 12.5. The number of hydrogen-bond acceptors (Lipinski definition) is 3. The topological polar surface area (TPSA) is 52.6 Å². The molecule has 0 bridgehead atoms. The van der Waals surface area contributed by atoms with Crippen LogP contribution >= 0.6 is 0 Å². The lowest BCUT2D eigenvalue weighted by Crippen LogP contribution is -2.47. The quantitative estimate of drug-likeness (QED) is 0.847. The number of aliphatic carboxylic acids is 1. The maximum Gasteiger partial charge on any atom is 0.325 e. The van der Waals surface area contributed by atoms with Crippen LogP contribution in [-0.4, -0.2) is 42.2 Å². The van der Waals surface area contributed by atoms with E-state index in [4.69, 9.17) is 0 Å². The Morgan fingerprint density at radius 1 is 1.44 bits per heavy atom. The molecule has 1 saturated heterocycles. The Morgan fingerprint density at radius 3 is 2.72 bits per heavy atom. The number of nitrogens with zero attached hydrogens (tertiary/aromatic N) is 1. The van der Waals surface area contributed by atoms with Crippen molar-refractivity contribution in [1.29, 1.82) is 0 Å². The molecular formula is C13H17FN2O2. The predicted molar refractivity (Wildman–Crippen MR) is 66.0 cm³/mol. The summed E-state index contributed by atoms with van der Waals surface area (Å²) in [6.45, 7) is 4.53. The van der Waals surface area contributed by atoms with Gasteiger partial charge in [-0.25, -0.2) is 4.39 Å². The zero-order valence-corrected chi connectivity index (χ0v) is 10.3. The van der Waals surface area contributed by atoms with Crippen molar-refractivity contribution in [1.82, 2.24) is 10.2 Å². The van der Waals surface area contributed by atoms with Gasteiger partial charge in [0.1, 0.15) is 11.9 Å². The minimum Gasteiger partial charge on any atom is -0.480 e. The van der Waals surface area contributed by atoms with E-state index in [1.54, 1.807) is 17.0 Å². The summed E-state index contributed by atoms with van der Waals surface area (Å²) in [4.78, 5) is 13.2. The lowest BCUT2D eigenvalue weighted by Gasteiger charge is -2.32. The molecule has 0 saturated carbocycles. The molecule has 0 spiro atoms. The number of carboxylic acid groups (broad SMARTS) is 1. The number of halogens is 1. The molecule has 1 aromatic carbocycles. The van der Waals surface area contributed by atoms with Crippen LogP contribution in [0.1, 0.15) is 17.2 Å². The molecule has 1 heterocycles. The van der Waals surface area contributed by atoms with Crippen molar-refractivity contribution in [3.05, 3.63) is 35.1 Å². The highest BCUT2D eigenvalue weighted by Gasteiger charge is 2.30. The molecule has 0 radical (unpaired) electrons. The van der Waals surface area contributed by atoms with Crippen LogP contribution in [0.5, 0.6) is 0 Å². The van der Waals surface area contributed by atoms with Crippen molar-refractivity contribution < 1.29 is 14.3 Å². The van der Waals surface area contributed by atoms with Gasteiger partial charge in [-0.3, -0.25) is 9.69 Å². The highest BCUT2D eigenvalue weighted by atomic mass is 19.1. The Kier molecular flexibility index (Phi) is 3.93. The maximum absolute atomic E-state index is 13.8. The minimum absolute atomic E-state index is 0.254. The van der Waals surface area contributed by atoms with Crippen LogP contribution in [0.4, 0.5) is 4.39 Å². The van der Waals surface area contributed by atoms with E-state index in [1.807, 2.05) is 6.92 Å². The summed E-state index contributed by atoms with van der Waals surface area (Å²) in [5.41, 5.74) is 1.12. The van der Waals surface area contributed by atoms with Crippen molar-refractivity contribution in [3.63, 3.8) is 0 Å². The van der Waals surface area contributed by atoms with Crippen LogP contribution in [0, 0.1) is 12.7 Å². The van der Waals surface area contributed by atoms with Crippen LogP contribution in [0.25, 0.3) is 0 Å². The number of hydrogen-bond donors (Lipinski definition) is 2. The summed E-state index contributed by atoms with van der Waals surface area (Å²) in [6.07, 6.45) is 0. The second-order valence-corrected chi connectivity index (χ2v) is 4.55. The van der Waals surface area contributed by atoms with E-state index < -0.39 is 17.8 Å². The zero-order valence-electron chi connectivity index (χ0n) is 10.3. The number of benzene rings is 1. The molecule has 1 aliphatic heterocycles. The van der Waals surface area contributed by atoms with Crippen LogP contribution < -0.4 is 5.32 Å². The van der Waals surface area contributed by atoms with Crippen LogP contribution in [0.3, 0.4) is 0 Å². The molecule has 1 unspecified atom stereocenters. The number of aryl methyl sites for hydroxylation is 1. The van der Waals surface area contributed by atoms with E-state index >= 15 is 0 Å². The minimum atomic E-state index is -0.999. The third-order valence-electron chi connectivity index (χ3n) is 3.20. The van der Waals surface area contributed by atoms with Gasteiger partial charge in [0.25, 0.3) is 0 Å². The van der Waals surface area contributed by atoms with Gasteiger partial charge in [-0.15, -0.1) is 0 Å². The zero-order chi connectivity index (χ0) is 13.1. The average Bonchev–Trinajstić information content (AvgIpc) is 2.35. The predicted octanol–water partition coefficient (Wildman–Crippen LogP) is 1.17. The first kappa shape index (κ1) is 13.0. The Morgan fingerprint density at radius 2 is 2.11 bits per heavy atom. The SMILES string of the molecule is Cc1ccc(F)c(C(C(=O)O)N2CCNCC2)c1. The third-order valence-corrected chi connectivity index (χ3v) is 3.20. The van der Waals surface area contributed by atoms with Gasteiger partial charge in [0, 0.05) is 31.7 Å². The van der Waals surface area contributed by atoms with Crippen LogP contribution in [0.2, 0.25) is 0 Å². The summed E-state index contributed by atoms with van der Waals surface area (Å²) in [7, 11) is 0. The molecule has 4 nitrogen and oxygen atoms in total. The Balaban J connectivity index is 2.34. The van der Waals surface area contributed by atoms with E-state index in [0.717, 1.165) is 18.7 Å². The molecule has 18 heavy (non-hydrogen) atoms.